The first kappa shape index (κ1) is 22.1. The molecular weight excluding hydrogens is 469 g/mol. The lowest BCUT2D eigenvalue weighted by Crippen LogP contribution is -2.32. The molecule has 0 bridgehead atoms. The van der Waals surface area contributed by atoms with Crippen LogP contribution in [-0.2, 0) is 5.41 Å². The third-order valence-corrected chi connectivity index (χ3v) is 8.43. The molecule has 7 rings (SSSR count). The van der Waals surface area contributed by atoms with Gasteiger partial charge in [-0.15, -0.1) is 10.2 Å². The summed E-state index contributed by atoms with van der Waals surface area (Å²) >= 11 is 0. The van der Waals surface area contributed by atoms with Crippen molar-refractivity contribution >= 4 is 27.9 Å². The maximum atomic E-state index is 14.7. The van der Waals surface area contributed by atoms with E-state index < -0.39 is 0 Å². The Bertz CT molecular complexity index is 1650. The molecule has 37 heavy (non-hydrogen) atoms. The molecule has 0 spiro atoms. The van der Waals surface area contributed by atoms with Crippen molar-refractivity contribution in [3.63, 3.8) is 0 Å². The summed E-state index contributed by atoms with van der Waals surface area (Å²) in [4.78, 5) is 11.9. The van der Waals surface area contributed by atoms with Gasteiger partial charge in [0.25, 0.3) is 0 Å². The van der Waals surface area contributed by atoms with Gasteiger partial charge in [-0.25, -0.2) is 14.4 Å². The molecule has 2 aromatic carbocycles. The second-order valence-electron chi connectivity index (χ2n) is 9.98. The lowest BCUT2D eigenvalue weighted by molar-refractivity contribution is 0.393. The predicted octanol–water partition coefficient (Wildman–Crippen LogP) is 4.91. The number of benzene rings is 2. The summed E-state index contributed by atoms with van der Waals surface area (Å²) in [5.74, 6) is 2.12. The quantitative estimate of drug-likeness (QED) is 0.370. The van der Waals surface area contributed by atoms with E-state index in [1.165, 1.54) is 0 Å². The highest BCUT2D eigenvalue weighted by Crippen LogP contribution is 2.65. The van der Waals surface area contributed by atoms with Gasteiger partial charge < -0.3 is 9.64 Å². The predicted molar refractivity (Wildman–Crippen MR) is 139 cm³/mol. The summed E-state index contributed by atoms with van der Waals surface area (Å²) in [6.45, 7) is 3.90. The molecule has 1 saturated carbocycles. The van der Waals surface area contributed by atoms with Gasteiger partial charge in [-0.05, 0) is 42.4 Å². The Morgan fingerprint density at radius 1 is 1.14 bits per heavy atom. The smallest absolute Gasteiger partial charge is 0.233 e. The molecule has 3 aromatic heterocycles. The Morgan fingerprint density at radius 2 is 2.03 bits per heavy atom. The molecule has 0 radical (unpaired) electrons. The largest absolute Gasteiger partial charge is 0.480 e. The van der Waals surface area contributed by atoms with Gasteiger partial charge in [0.1, 0.15) is 17.2 Å². The Hall–Kier alpha value is -4.14. The second kappa shape index (κ2) is 8.19. The second-order valence-corrected chi connectivity index (χ2v) is 9.98. The van der Waals surface area contributed by atoms with Crippen LogP contribution in [0.2, 0.25) is 0 Å². The fourth-order valence-corrected chi connectivity index (χ4v) is 6.55. The Labute approximate surface area is 212 Å². The summed E-state index contributed by atoms with van der Waals surface area (Å²) in [7, 11) is 1.57. The Morgan fingerprint density at radius 3 is 2.86 bits per heavy atom. The van der Waals surface area contributed by atoms with Crippen LogP contribution in [-0.4, -0.2) is 50.6 Å². The third kappa shape index (κ3) is 3.29. The van der Waals surface area contributed by atoms with E-state index in [4.69, 9.17) is 14.7 Å². The van der Waals surface area contributed by atoms with Gasteiger partial charge in [0.15, 0.2) is 0 Å². The van der Waals surface area contributed by atoms with Gasteiger partial charge in [-0.3, -0.25) is 5.10 Å². The van der Waals surface area contributed by atoms with Crippen molar-refractivity contribution in [2.24, 2.45) is 11.8 Å². The molecule has 1 saturated heterocycles. The van der Waals surface area contributed by atoms with Gasteiger partial charge in [0.2, 0.25) is 11.5 Å². The molecule has 5 aromatic rings. The highest BCUT2D eigenvalue weighted by atomic mass is 19.1. The molecule has 9 heteroatoms. The van der Waals surface area contributed by atoms with Gasteiger partial charge in [0, 0.05) is 35.5 Å². The van der Waals surface area contributed by atoms with E-state index in [0.29, 0.717) is 28.9 Å². The number of hydrogen-bond acceptors (Lipinski definition) is 7. The van der Waals surface area contributed by atoms with Crippen molar-refractivity contribution in [1.29, 1.82) is 0 Å². The molecule has 186 valence electrons. The van der Waals surface area contributed by atoms with Crippen LogP contribution in [0.15, 0.2) is 54.7 Å². The number of piperidine rings is 1. The number of fused-ring (bicyclic) bond motifs is 3. The zero-order valence-corrected chi connectivity index (χ0v) is 20.6. The van der Waals surface area contributed by atoms with Crippen LogP contribution in [0.3, 0.4) is 0 Å². The molecule has 8 nitrogen and oxygen atoms in total. The van der Waals surface area contributed by atoms with Crippen LogP contribution < -0.4 is 9.64 Å². The molecular formula is C28H26FN7O. The number of nitrogens with zero attached hydrogens (tertiary/aromatic N) is 6. The minimum Gasteiger partial charge on any atom is -0.480 e. The first-order valence-corrected chi connectivity index (χ1v) is 12.7. The summed E-state index contributed by atoms with van der Waals surface area (Å²) < 4.78 is 19.9. The molecule has 2 aliphatic rings. The van der Waals surface area contributed by atoms with Crippen LogP contribution in [0.5, 0.6) is 5.88 Å². The van der Waals surface area contributed by atoms with Crippen molar-refractivity contribution < 1.29 is 9.13 Å². The summed E-state index contributed by atoms with van der Waals surface area (Å²) in [6, 6.07) is 15.1. The maximum absolute atomic E-state index is 14.7. The van der Waals surface area contributed by atoms with Crippen LogP contribution in [0.25, 0.3) is 33.3 Å². The van der Waals surface area contributed by atoms with E-state index in [1.54, 1.807) is 19.2 Å². The monoisotopic (exact) mass is 495 g/mol. The number of aromatic amines is 1. The highest BCUT2D eigenvalue weighted by Gasteiger charge is 2.65. The number of halogens is 1. The molecule has 0 unspecified atom stereocenters. The third-order valence-electron chi connectivity index (χ3n) is 8.43. The molecule has 3 atom stereocenters. The normalized spacial score (nSPS) is 22.8. The van der Waals surface area contributed by atoms with Gasteiger partial charge in [-0.2, -0.15) is 5.10 Å². The fourth-order valence-electron chi connectivity index (χ4n) is 6.55. The van der Waals surface area contributed by atoms with Crippen molar-refractivity contribution in [2.45, 2.75) is 25.2 Å². The zero-order chi connectivity index (χ0) is 25.1. The average molecular weight is 496 g/mol. The zero-order valence-electron chi connectivity index (χ0n) is 20.6. The van der Waals surface area contributed by atoms with Crippen LogP contribution in [0.4, 0.5) is 10.2 Å². The van der Waals surface area contributed by atoms with E-state index in [9.17, 15) is 4.39 Å². The van der Waals surface area contributed by atoms with Crippen LogP contribution in [0, 0.1) is 17.7 Å². The first-order chi connectivity index (χ1) is 18.1. The number of H-pyrrole nitrogens is 1. The van der Waals surface area contributed by atoms with Crippen LogP contribution >= 0.6 is 0 Å². The van der Waals surface area contributed by atoms with E-state index in [0.717, 1.165) is 59.5 Å². The van der Waals surface area contributed by atoms with Gasteiger partial charge in [-0.1, -0.05) is 37.3 Å². The molecule has 0 amide bonds. The molecule has 1 N–H and O–H groups in total. The summed E-state index contributed by atoms with van der Waals surface area (Å²) in [6.07, 6.45) is 3.78. The van der Waals surface area contributed by atoms with E-state index in [-0.39, 0.29) is 11.2 Å². The number of anilines is 1. The van der Waals surface area contributed by atoms with Gasteiger partial charge in [0.05, 0.1) is 24.5 Å². The average Bonchev–Trinajstić information content (AvgIpc) is 3.40. The maximum Gasteiger partial charge on any atom is 0.233 e. The lowest BCUT2D eigenvalue weighted by Gasteiger charge is -2.26. The minimum absolute atomic E-state index is 0.0832. The van der Waals surface area contributed by atoms with Crippen molar-refractivity contribution in [2.75, 3.05) is 25.1 Å². The summed E-state index contributed by atoms with van der Waals surface area (Å²) in [5.41, 5.74) is 4.52. The summed E-state index contributed by atoms with van der Waals surface area (Å²) in [5, 5.41) is 16.8. The van der Waals surface area contributed by atoms with Crippen molar-refractivity contribution in [3.05, 3.63) is 66.1 Å². The number of hydrogen-bond donors (Lipinski definition) is 1. The number of ether oxygens (including phenoxy) is 1. The number of aromatic nitrogens is 6. The molecule has 2 fully saturated rings. The minimum atomic E-state index is -0.0885. The molecule has 1 aliphatic heterocycles. The van der Waals surface area contributed by atoms with Gasteiger partial charge >= 0.3 is 0 Å². The highest BCUT2D eigenvalue weighted by molar-refractivity contribution is 5.91. The number of methoxy groups -OCH3 is 1. The number of nitrogens with one attached hydrogen (secondary N) is 1. The van der Waals surface area contributed by atoms with E-state index in [2.05, 4.69) is 32.2 Å². The lowest BCUT2D eigenvalue weighted by atomic mass is 9.88. The van der Waals surface area contributed by atoms with E-state index in [1.807, 2.05) is 42.6 Å². The van der Waals surface area contributed by atoms with E-state index >= 15 is 0 Å². The molecule has 4 heterocycles. The van der Waals surface area contributed by atoms with Crippen molar-refractivity contribution in [1.82, 2.24) is 30.4 Å². The van der Waals surface area contributed by atoms with Crippen LogP contribution in [0.1, 0.15) is 25.3 Å². The Kier molecular flexibility index (Phi) is 4.89. The molecule has 1 aliphatic carbocycles. The fraction of sp³-hybridized carbons (Fsp3) is 0.321. The SMILES string of the molecule is CC[C@]1(c2ccccc2F)[C@@H]2CCN(c3cnc4c(-c5ccc6cc(OC)nnc6c5)[nH]nc4n3)C[C@@H]21. The Balaban J connectivity index is 1.17. The number of rotatable bonds is 5. The first-order valence-electron chi connectivity index (χ1n) is 12.7. The topological polar surface area (TPSA) is 92.7 Å². The van der Waals surface area contributed by atoms with Crippen molar-refractivity contribution in [3.8, 4) is 17.1 Å². The standard InChI is InChI=1S/C28H26FN7O/c1-3-28(19-6-4-5-7-21(19)29)18-10-11-36(15-20(18)28)23-14-30-26-25(34-35-27(26)31-23)17-9-8-16-13-24(37-2)33-32-22(16)12-17/h4-9,12-14,18,20H,3,10-11,15H2,1-2H3,(H,31,34,35)/t18-,20+,28-/m1/s1.